The molecular formula is C18H19ClN2O5S. The molecule has 1 fully saturated rings. The first kappa shape index (κ1) is 19.6. The standard InChI is InChI=1S/C18H19ClN2O5S/c19-13-5-7-14(8-6-13)26-15-9-11-21(12-10-15)27(24,25)17-4-2-1-3-16(17)18(22)20-23/h1-8,15,23H,9-12H2,(H,20,22). The first-order valence-electron chi connectivity index (χ1n) is 8.37. The number of halogens is 1. The minimum absolute atomic E-state index is 0.0977. The molecule has 0 aliphatic carbocycles. The molecule has 0 unspecified atom stereocenters. The van der Waals surface area contributed by atoms with Crippen molar-refractivity contribution in [3.8, 4) is 5.75 Å². The van der Waals surface area contributed by atoms with Crippen LogP contribution >= 0.6 is 11.6 Å². The lowest BCUT2D eigenvalue weighted by Gasteiger charge is -2.31. The fourth-order valence-corrected chi connectivity index (χ4v) is 4.76. The van der Waals surface area contributed by atoms with E-state index in [0.29, 0.717) is 23.6 Å². The van der Waals surface area contributed by atoms with Gasteiger partial charge < -0.3 is 4.74 Å². The van der Waals surface area contributed by atoms with Crippen molar-refractivity contribution in [1.29, 1.82) is 0 Å². The number of hydrogen-bond donors (Lipinski definition) is 2. The van der Waals surface area contributed by atoms with Crippen molar-refractivity contribution >= 4 is 27.5 Å². The van der Waals surface area contributed by atoms with Gasteiger partial charge in [-0.15, -0.1) is 0 Å². The van der Waals surface area contributed by atoms with Crippen LogP contribution in [0, 0.1) is 0 Å². The third kappa shape index (κ3) is 4.41. The maximum absolute atomic E-state index is 12.9. The average Bonchev–Trinajstić information content (AvgIpc) is 2.69. The predicted octanol–water partition coefficient (Wildman–Crippen LogP) is 2.69. The Morgan fingerprint density at radius 1 is 1.11 bits per heavy atom. The summed E-state index contributed by atoms with van der Waals surface area (Å²) in [6, 6.07) is 12.8. The van der Waals surface area contributed by atoms with Gasteiger partial charge in [-0.3, -0.25) is 10.0 Å². The van der Waals surface area contributed by atoms with Crippen LogP contribution in [0.4, 0.5) is 0 Å². The molecule has 1 aliphatic rings. The molecule has 27 heavy (non-hydrogen) atoms. The van der Waals surface area contributed by atoms with Crippen molar-refractivity contribution in [2.24, 2.45) is 0 Å². The molecule has 144 valence electrons. The zero-order chi connectivity index (χ0) is 19.4. The monoisotopic (exact) mass is 410 g/mol. The molecular weight excluding hydrogens is 392 g/mol. The SMILES string of the molecule is O=C(NO)c1ccccc1S(=O)(=O)N1CCC(Oc2ccc(Cl)cc2)CC1. The maximum Gasteiger partial charge on any atom is 0.276 e. The van der Waals surface area contributed by atoms with Gasteiger partial charge in [-0.05, 0) is 49.2 Å². The van der Waals surface area contributed by atoms with Crippen LogP contribution in [0.5, 0.6) is 5.75 Å². The Morgan fingerprint density at radius 2 is 1.74 bits per heavy atom. The van der Waals surface area contributed by atoms with Gasteiger partial charge in [0.05, 0.1) is 10.5 Å². The summed E-state index contributed by atoms with van der Waals surface area (Å²) in [4.78, 5) is 11.6. The quantitative estimate of drug-likeness (QED) is 0.583. The fraction of sp³-hybridized carbons (Fsp3) is 0.278. The van der Waals surface area contributed by atoms with E-state index in [1.165, 1.54) is 34.1 Å². The highest BCUT2D eigenvalue weighted by molar-refractivity contribution is 7.89. The van der Waals surface area contributed by atoms with Crippen molar-refractivity contribution in [3.63, 3.8) is 0 Å². The van der Waals surface area contributed by atoms with Crippen LogP contribution in [0.3, 0.4) is 0 Å². The Labute approximate surface area is 162 Å². The summed E-state index contributed by atoms with van der Waals surface area (Å²) in [5, 5.41) is 9.47. The zero-order valence-electron chi connectivity index (χ0n) is 14.3. The summed E-state index contributed by atoms with van der Waals surface area (Å²) in [7, 11) is -3.86. The topological polar surface area (TPSA) is 95.9 Å². The van der Waals surface area contributed by atoms with Gasteiger partial charge >= 0.3 is 0 Å². The minimum Gasteiger partial charge on any atom is -0.490 e. The molecule has 2 N–H and O–H groups in total. The third-order valence-electron chi connectivity index (χ3n) is 4.37. The lowest BCUT2D eigenvalue weighted by Crippen LogP contribution is -2.42. The van der Waals surface area contributed by atoms with E-state index in [4.69, 9.17) is 21.5 Å². The van der Waals surface area contributed by atoms with Crippen LogP contribution in [0.2, 0.25) is 5.02 Å². The highest BCUT2D eigenvalue weighted by Gasteiger charge is 2.32. The largest absolute Gasteiger partial charge is 0.490 e. The first-order valence-corrected chi connectivity index (χ1v) is 10.2. The van der Waals surface area contributed by atoms with Gasteiger partial charge in [0.25, 0.3) is 5.91 Å². The van der Waals surface area contributed by atoms with Crippen molar-refractivity contribution < 1.29 is 23.2 Å². The molecule has 0 spiro atoms. The second-order valence-corrected chi connectivity index (χ2v) is 8.46. The Balaban J connectivity index is 1.70. The van der Waals surface area contributed by atoms with E-state index in [1.807, 2.05) is 0 Å². The van der Waals surface area contributed by atoms with E-state index in [-0.39, 0.29) is 29.7 Å². The van der Waals surface area contributed by atoms with Gasteiger partial charge in [-0.1, -0.05) is 23.7 Å². The number of piperidine rings is 1. The summed E-state index contributed by atoms with van der Waals surface area (Å²) < 4.78 is 33.1. The van der Waals surface area contributed by atoms with E-state index in [0.717, 1.165) is 0 Å². The van der Waals surface area contributed by atoms with Gasteiger partial charge in [-0.25, -0.2) is 13.9 Å². The number of rotatable bonds is 5. The summed E-state index contributed by atoms with van der Waals surface area (Å²) in [5.41, 5.74) is 1.39. The molecule has 3 rings (SSSR count). The highest BCUT2D eigenvalue weighted by Crippen LogP contribution is 2.26. The molecule has 0 bridgehead atoms. The number of hydroxylamine groups is 1. The lowest BCUT2D eigenvalue weighted by atomic mass is 10.1. The Hall–Kier alpha value is -2.13. The van der Waals surface area contributed by atoms with Gasteiger partial charge in [0.15, 0.2) is 0 Å². The van der Waals surface area contributed by atoms with Gasteiger partial charge in [-0.2, -0.15) is 4.31 Å². The normalized spacial score (nSPS) is 16.1. The fourth-order valence-electron chi connectivity index (χ4n) is 2.97. The van der Waals surface area contributed by atoms with Crippen molar-refractivity contribution in [1.82, 2.24) is 9.79 Å². The van der Waals surface area contributed by atoms with Gasteiger partial charge in [0, 0.05) is 18.1 Å². The van der Waals surface area contributed by atoms with E-state index in [9.17, 15) is 13.2 Å². The van der Waals surface area contributed by atoms with Crippen molar-refractivity contribution in [2.45, 2.75) is 23.8 Å². The number of carbonyl (C=O) groups excluding carboxylic acids is 1. The molecule has 7 nitrogen and oxygen atoms in total. The number of carbonyl (C=O) groups is 1. The predicted molar refractivity (Wildman–Crippen MR) is 99.6 cm³/mol. The average molecular weight is 411 g/mol. The molecule has 2 aromatic carbocycles. The van der Waals surface area contributed by atoms with Gasteiger partial charge in [0.2, 0.25) is 10.0 Å². The number of sulfonamides is 1. The highest BCUT2D eigenvalue weighted by atomic mass is 35.5. The summed E-state index contributed by atoms with van der Waals surface area (Å²) in [5.74, 6) is -0.180. The second-order valence-electron chi connectivity index (χ2n) is 6.11. The number of amides is 1. The maximum atomic E-state index is 12.9. The van der Waals surface area contributed by atoms with Crippen LogP contribution < -0.4 is 10.2 Å². The van der Waals surface area contributed by atoms with E-state index >= 15 is 0 Å². The minimum atomic E-state index is -3.86. The van der Waals surface area contributed by atoms with Crippen molar-refractivity contribution in [3.05, 3.63) is 59.1 Å². The number of nitrogens with one attached hydrogen (secondary N) is 1. The van der Waals surface area contributed by atoms with E-state index < -0.39 is 15.9 Å². The Morgan fingerprint density at radius 3 is 2.37 bits per heavy atom. The van der Waals surface area contributed by atoms with E-state index in [1.54, 1.807) is 24.3 Å². The third-order valence-corrected chi connectivity index (χ3v) is 6.58. The van der Waals surface area contributed by atoms with Crippen LogP contribution in [0.15, 0.2) is 53.4 Å². The van der Waals surface area contributed by atoms with E-state index in [2.05, 4.69) is 0 Å². The molecule has 1 heterocycles. The lowest BCUT2D eigenvalue weighted by molar-refractivity contribution is 0.0702. The molecule has 0 atom stereocenters. The molecule has 1 amide bonds. The Bertz CT molecular complexity index is 910. The molecule has 2 aromatic rings. The molecule has 0 aromatic heterocycles. The Kier molecular flexibility index (Phi) is 6.01. The smallest absolute Gasteiger partial charge is 0.276 e. The number of ether oxygens (including phenoxy) is 1. The molecule has 0 radical (unpaired) electrons. The molecule has 9 heteroatoms. The summed E-state index contributed by atoms with van der Waals surface area (Å²) in [6.45, 7) is 0.547. The van der Waals surface area contributed by atoms with Crippen LogP contribution in [-0.4, -0.2) is 43.0 Å². The molecule has 1 aliphatic heterocycles. The number of benzene rings is 2. The molecule has 1 saturated heterocycles. The first-order chi connectivity index (χ1) is 12.9. The van der Waals surface area contributed by atoms with Crippen LogP contribution in [0.25, 0.3) is 0 Å². The van der Waals surface area contributed by atoms with Crippen LogP contribution in [-0.2, 0) is 10.0 Å². The summed E-state index contributed by atoms with van der Waals surface area (Å²) >= 11 is 5.85. The molecule has 0 saturated carbocycles. The van der Waals surface area contributed by atoms with Crippen molar-refractivity contribution in [2.75, 3.05) is 13.1 Å². The zero-order valence-corrected chi connectivity index (χ0v) is 15.9. The van der Waals surface area contributed by atoms with Gasteiger partial charge in [0.1, 0.15) is 11.9 Å². The number of hydrogen-bond acceptors (Lipinski definition) is 5. The summed E-state index contributed by atoms with van der Waals surface area (Å²) in [6.07, 6.45) is 0.945. The van der Waals surface area contributed by atoms with Crippen LogP contribution in [0.1, 0.15) is 23.2 Å². The number of nitrogens with zero attached hydrogens (tertiary/aromatic N) is 1. The second kappa shape index (κ2) is 8.26.